The van der Waals surface area contributed by atoms with Crippen molar-refractivity contribution >= 4 is 16.7 Å². The molecule has 0 radical (unpaired) electrons. The average molecular weight is 274 g/mol. The highest BCUT2D eigenvalue weighted by atomic mass is 32.1. The Hall–Kier alpha value is -1.70. The summed E-state index contributed by atoms with van der Waals surface area (Å²) in [5.41, 5.74) is 1.92. The van der Waals surface area contributed by atoms with Gasteiger partial charge in [0.1, 0.15) is 0 Å². The number of anilines is 1. The second-order valence-corrected chi connectivity index (χ2v) is 4.33. The van der Waals surface area contributed by atoms with E-state index in [4.69, 9.17) is 0 Å². The topological polar surface area (TPSA) is 50.7 Å². The van der Waals surface area contributed by atoms with Gasteiger partial charge in [-0.25, -0.2) is 0 Å². The van der Waals surface area contributed by atoms with E-state index in [2.05, 4.69) is 19.7 Å². The molecule has 2 heterocycles. The maximum atomic E-state index is 12.3. The molecule has 0 atom stereocenters. The lowest BCUT2D eigenvalue weighted by molar-refractivity contribution is -0.144. The number of pyridine rings is 1. The van der Waals surface area contributed by atoms with Gasteiger partial charge in [-0.2, -0.15) is 22.5 Å². The lowest BCUT2D eigenvalue weighted by atomic mass is 10.2. The minimum Gasteiger partial charge on any atom is -0.356 e. The van der Waals surface area contributed by atoms with Crippen molar-refractivity contribution in [1.82, 2.24) is 14.3 Å². The smallest absolute Gasteiger partial charge is 0.356 e. The summed E-state index contributed by atoms with van der Waals surface area (Å²) in [5.74, 6) is -1.11. The molecule has 0 aromatic carbocycles. The molecule has 0 bridgehead atoms. The normalized spacial score (nSPS) is 11.6. The Kier molecular flexibility index (Phi) is 3.46. The number of alkyl halides is 3. The van der Waals surface area contributed by atoms with Crippen LogP contribution in [0.3, 0.4) is 0 Å². The molecule has 18 heavy (non-hydrogen) atoms. The van der Waals surface area contributed by atoms with E-state index in [1.165, 1.54) is 0 Å². The summed E-state index contributed by atoms with van der Waals surface area (Å²) in [4.78, 5) is 7.33. The number of hydrogen-bond donors (Lipinski definition) is 1. The highest BCUT2D eigenvalue weighted by Gasteiger charge is 2.36. The number of aryl methyl sites for hydroxylation is 1. The monoisotopic (exact) mass is 274 g/mol. The standard InChI is InChI=1S/C10H9F3N4S/c1-6-2-3-14-4-7(6)5-15-9-16-8(17-18-9)10(11,12)13/h2-4H,5H2,1H3,(H,15,16,17). The third-order valence-corrected chi connectivity index (χ3v) is 2.93. The zero-order valence-electron chi connectivity index (χ0n) is 9.32. The highest BCUT2D eigenvalue weighted by Crippen LogP contribution is 2.29. The van der Waals surface area contributed by atoms with Crippen LogP contribution in [-0.4, -0.2) is 14.3 Å². The molecule has 2 aromatic heterocycles. The maximum Gasteiger partial charge on any atom is 0.452 e. The third-order valence-electron chi connectivity index (χ3n) is 2.26. The van der Waals surface area contributed by atoms with E-state index < -0.39 is 12.0 Å². The SMILES string of the molecule is Cc1ccncc1CNc1nc(C(F)(F)F)ns1. The van der Waals surface area contributed by atoms with Crippen LogP contribution in [0.5, 0.6) is 0 Å². The van der Waals surface area contributed by atoms with Crippen LogP contribution < -0.4 is 5.32 Å². The van der Waals surface area contributed by atoms with E-state index in [1.807, 2.05) is 13.0 Å². The van der Waals surface area contributed by atoms with Crippen LogP contribution in [0.15, 0.2) is 18.5 Å². The fraction of sp³-hybridized carbons (Fsp3) is 0.300. The second kappa shape index (κ2) is 4.89. The quantitative estimate of drug-likeness (QED) is 0.935. The van der Waals surface area contributed by atoms with Crippen LogP contribution in [0.25, 0.3) is 0 Å². The molecule has 0 saturated carbocycles. The number of nitrogens with one attached hydrogen (secondary N) is 1. The molecular formula is C10H9F3N4S. The lowest BCUT2D eigenvalue weighted by Gasteiger charge is -2.04. The average Bonchev–Trinajstić information content (AvgIpc) is 2.76. The highest BCUT2D eigenvalue weighted by molar-refractivity contribution is 7.09. The molecule has 4 nitrogen and oxygen atoms in total. The molecule has 2 aromatic rings. The molecule has 0 aliphatic heterocycles. The van der Waals surface area contributed by atoms with E-state index in [0.29, 0.717) is 18.1 Å². The number of nitrogens with zero attached hydrogens (tertiary/aromatic N) is 3. The summed E-state index contributed by atoms with van der Waals surface area (Å²) in [6, 6.07) is 1.83. The first kappa shape index (κ1) is 12.7. The van der Waals surface area contributed by atoms with Crippen molar-refractivity contribution in [2.24, 2.45) is 0 Å². The summed E-state index contributed by atoms with van der Waals surface area (Å²) >= 11 is 0.689. The zero-order chi connectivity index (χ0) is 13.2. The van der Waals surface area contributed by atoms with Gasteiger partial charge in [0.15, 0.2) is 0 Å². The van der Waals surface area contributed by atoms with E-state index in [1.54, 1.807) is 12.4 Å². The van der Waals surface area contributed by atoms with E-state index in [9.17, 15) is 13.2 Å². The van der Waals surface area contributed by atoms with Gasteiger partial charge < -0.3 is 5.32 Å². The lowest BCUT2D eigenvalue weighted by Crippen LogP contribution is -2.08. The van der Waals surface area contributed by atoms with Crippen molar-refractivity contribution in [1.29, 1.82) is 0 Å². The summed E-state index contributed by atoms with van der Waals surface area (Å²) in [7, 11) is 0. The van der Waals surface area contributed by atoms with Crippen molar-refractivity contribution in [3.8, 4) is 0 Å². The largest absolute Gasteiger partial charge is 0.452 e. The van der Waals surface area contributed by atoms with Crippen LogP contribution in [-0.2, 0) is 12.7 Å². The van der Waals surface area contributed by atoms with Gasteiger partial charge in [0.05, 0.1) is 0 Å². The van der Waals surface area contributed by atoms with Gasteiger partial charge in [0.25, 0.3) is 0 Å². The first-order valence-corrected chi connectivity index (χ1v) is 5.78. The Bertz CT molecular complexity index is 538. The molecule has 0 saturated heterocycles. The van der Waals surface area contributed by atoms with Gasteiger partial charge in [0.2, 0.25) is 11.0 Å². The molecule has 0 aliphatic rings. The van der Waals surface area contributed by atoms with Gasteiger partial charge >= 0.3 is 6.18 Å². The number of hydrogen-bond acceptors (Lipinski definition) is 5. The molecule has 0 fully saturated rings. The van der Waals surface area contributed by atoms with E-state index >= 15 is 0 Å². The summed E-state index contributed by atoms with van der Waals surface area (Å²) < 4.78 is 40.1. The van der Waals surface area contributed by atoms with Gasteiger partial charge in [-0.1, -0.05) is 0 Å². The molecule has 0 amide bonds. The minimum absolute atomic E-state index is 0.144. The Morgan fingerprint density at radius 2 is 2.17 bits per heavy atom. The number of halogens is 3. The molecule has 96 valence electrons. The van der Waals surface area contributed by atoms with E-state index in [0.717, 1.165) is 11.1 Å². The molecular weight excluding hydrogens is 265 g/mol. The Morgan fingerprint density at radius 3 is 2.78 bits per heavy atom. The van der Waals surface area contributed by atoms with Crippen LogP contribution in [0, 0.1) is 6.92 Å². The van der Waals surface area contributed by atoms with Gasteiger partial charge in [-0.05, 0) is 24.1 Å². The first-order valence-electron chi connectivity index (χ1n) is 5.01. The number of rotatable bonds is 3. The predicted octanol–water partition coefficient (Wildman–Crippen LogP) is 2.87. The maximum absolute atomic E-state index is 12.3. The summed E-state index contributed by atoms with van der Waals surface area (Å²) in [6.07, 6.45) is -1.18. The van der Waals surface area contributed by atoms with Gasteiger partial charge in [-0.3, -0.25) is 4.98 Å². The minimum atomic E-state index is -4.50. The summed E-state index contributed by atoms with van der Waals surface area (Å²) in [6.45, 7) is 2.27. The fourth-order valence-electron chi connectivity index (χ4n) is 1.26. The van der Waals surface area contributed by atoms with Crippen molar-refractivity contribution < 1.29 is 13.2 Å². The molecule has 0 spiro atoms. The zero-order valence-corrected chi connectivity index (χ0v) is 10.1. The Balaban J connectivity index is 2.03. The first-order chi connectivity index (χ1) is 8.47. The molecule has 1 N–H and O–H groups in total. The van der Waals surface area contributed by atoms with Crippen molar-refractivity contribution in [2.45, 2.75) is 19.6 Å². The molecule has 8 heteroatoms. The van der Waals surface area contributed by atoms with Crippen LogP contribution in [0.1, 0.15) is 17.0 Å². The predicted molar refractivity (Wildman–Crippen MR) is 61.2 cm³/mol. The molecule has 0 unspecified atom stereocenters. The summed E-state index contributed by atoms with van der Waals surface area (Å²) in [5, 5.41) is 2.94. The van der Waals surface area contributed by atoms with E-state index in [-0.39, 0.29) is 5.13 Å². The van der Waals surface area contributed by atoms with Crippen LogP contribution in [0.2, 0.25) is 0 Å². The van der Waals surface area contributed by atoms with Crippen molar-refractivity contribution in [3.05, 3.63) is 35.4 Å². The van der Waals surface area contributed by atoms with Crippen molar-refractivity contribution in [2.75, 3.05) is 5.32 Å². The Morgan fingerprint density at radius 1 is 1.39 bits per heavy atom. The fourth-order valence-corrected chi connectivity index (χ4v) is 1.84. The van der Waals surface area contributed by atoms with Crippen LogP contribution >= 0.6 is 11.5 Å². The van der Waals surface area contributed by atoms with Gasteiger partial charge in [0, 0.05) is 30.5 Å². The molecule has 0 aliphatic carbocycles. The van der Waals surface area contributed by atoms with Gasteiger partial charge in [-0.15, -0.1) is 0 Å². The third kappa shape index (κ3) is 2.95. The van der Waals surface area contributed by atoms with Crippen molar-refractivity contribution in [3.63, 3.8) is 0 Å². The number of aromatic nitrogens is 3. The molecule has 2 rings (SSSR count). The second-order valence-electron chi connectivity index (χ2n) is 3.58. The van der Waals surface area contributed by atoms with Crippen LogP contribution in [0.4, 0.5) is 18.3 Å². The Labute approximate surface area is 105 Å².